The number of ketones is 2. The van der Waals surface area contributed by atoms with Gasteiger partial charge in [0.15, 0.2) is 0 Å². The molecule has 0 fully saturated rings. The van der Waals surface area contributed by atoms with Crippen LogP contribution < -0.4 is 0 Å². The second-order valence-electron chi connectivity index (χ2n) is 4.66. The van der Waals surface area contributed by atoms with Crippen LogP contribution in [-0.4, -0.2) is 23.5 Å². The molecule has 6 nitrogen and oxygen atoms in total. The highest BCUT2D eigenvalue weighted by molar-refractivity contribution is 6.26. The zero-order valence-electron chi connectivity index (χ0n) is 12.5. The summed E-state index contributed by atoms with van der Waals surface area (Å²) in [6.07, 6.45) is -0.105. The van der Waals surface area contributed by atoms with Gasteiger partial charge in [-0.25, -0.2) is 4.39 Å². The van der Waals surface area contributed by atoms with Gasteiger partial charge in [-0.15, -0.1) is 0 Å². The molecule has 0 radical (unpaired) electrons. The number of ether oxygens (including phenoxy) is 2. The molecule has 1 aromatic carbocycles. The van der Waals surface area contributed by atoms with E-state index in [4.69, 9.17) is 9.47 Å². The lowest BCUT2D eigenvalue weighted by molar-refractivity contribution is -0.142. The Morgan fingerprint density at radius 3 is 1.87 bits per heavy atom. The van der Waals surface area contributed by atoms with Crippen LogP contribution in [0, 0.1) is 5.82 Å². The molecular formula is C16H13FO6. The first kappa shape index (κ1) is 16.5. The van der Waals surface area contributed by atoms with Gasteiger partial charge in [0, 0.05) is 24.0 Å². The third kappa shape index (κ3) is 3.18. The van der Waals surface area contributed by atoms with Crippen LogP contribution in [0.25, 0.3) is 0 Å². The van der Waals surface area contributed by atoms with Crippen LogP contribution in [0.3, 0.4) is 0 Å². The van der Waals surface area contributed by atoms with E-state index in [9.17, 15) is 23.6 Å². The van der Waals surface area contributed by atoms with Gasteiger partial charge in [0.2, 0.25) is 23.1 Å². The van der Waals surface area contributed by atoms with Gasteiger partial charge in [0.05, 0.1) is 0 Å². The lowest BCUT2D eigenvalue weighted by Gasteiger charge is -2.19. The summed E-state index contributed by atoms with van der Waals surface area (Å²) in [5.41, 5.74) is -0.364. The average molecular weight is 320 g/mol. The van der Waals surface area contributed by atoms with E-state index in [2.05, 4.69) is 0 Å². The topological polar surface area (TPSA) is 86.7 Å². The number of hydrogen-bond donors (Lipinski definition) is 0. The van der Waals surface area contributed by atoms with E-state index in [1.165, 1.54) is 13.8 Å². The van der Waals surface area contributed by atoms with Crippen LogP contribution in [0.1, 0.15) is 47.4 Å². The number of benzene rings is 1. The number of halogens is 1. The van der Waals surface area contributed by atoms with Gasteiger partial charge < -0.3 is 9.47 Å². The number of hydrogen-bond acceptors (Lipinski definition) is 6. The van der Waals surface area contributed by atoms with Crippen LogP contribution in [0.5, 0.6) is 0 Å². The summed E-state index contributed by atoms with van der Waals surface area (Å²) in [7, 11) is 0. The summed E-state index contributed by atoms with van der Waals surface area (Å²) in [5.74, 6) is -5.33. The smallest absolute Gasteiger partial charge is 0.311 e. The van der Waals surface area contributed by atoms with Crippen molar-refractivity contribution in [2.75, 3.05) is 0 Å². The Balaban J connectivity index is 2.58. The van der Waals surface area contributed by atoms with Crippen molar-refractivity contribution in [1.29, 1.82) is 0 Å². The molecule has 0 bridgehead atoms. The SMILES string of the molecule is CCC(=O)OC1=C(OC(=O)CC)C(=O)c2cc(F)ccc2C1=O. The minimum Gasteiger partial charge on any atom is -0.418 e. The molecule has 0 aromatic heterocycles. The number of esters is 2. The van der Waals surface area contributed by atoms with Gasteiger partial charge >= 0.3 is 11.9 Å². The minimum absolute atomic E-state index is 0.0454. The number of allylic oxidation sites excluding steroid dienone is 2. The molecule has 0 saturated heterocycles. The van der Waals surface area contributed by atoms with Crippen molar-refractivity contribution >= 4 is 23.5 Å². The van der Waals surface area contributed by atoms with Gasteiger partial charge in [-0.1, -0.05) is 13.8 Å². The van der Waals surface area contributed by atoms with Crippen molar-refractivity contribution < 1.29 is 33.0 Å². The maximum atomic E-state index is 13.3. The van der Waals surface area contributed by atoms with E-state index in [-0.39, 0.29) is 24.0 Å². The summed E-state index contributed by atoms with van der Waals surface area (Å²) >= 11 is 0. The molecule has 0 spiro atoms. The van der Waals surface area contributed by atoms with E-state index in [0.29, 0.717) is 0 Å². The maximum absolute atomic E-state index is 13.3. The largest absolute Gasteiger partial charge is 0.418 e. The normalized spacial score (nSPS) is 13.7. The fraction of sp³-hybridized carbons (Fsp3) is 0.250. The molecule has 0 heterocycles. The molecule has 23 heavy (non-hydrogen) atoms. The van der Waals surface area contributed by atoms with E-state index in [1.54, 1.807) is 0 Å². The lowest BCUT2D eigenvalue weighted by Crippen LogP contribution is -2.27. The van der Waals surface area contributed by atoms with Crippen molar-refractivity contribution in [3.8, 4) is 0 Å². The van der Waals surface area contributed by atoms with Crippen LogP contribution in [0.2, 0.25) is 0 Å². The Labute approximate surface area is 130 Å². The fourth-order valence-corrected chi connectivity index (χ4v) is 1.91. The summed E-state index contributed by atoms with van der Waals surface area (Å²) < 4.78 is 23.1. The minimum atomic E-state index is -0.889. The summed E-state index contributed by atoms with van der Waals surface area (Å²) in [6, 6.07) is 2.99. The number of carbonyl (C=O) groups is 4. The van der Waals surface area contributed by atoms with Crippen LogP contribution in [0.15, 0.2) is 29.7 Å². The molecule has 7 heteroatoms. The predicted molar refractivity (Wildman–Crippen MR) is 74.9 cm³/mol. The Morgan fingerprint density at radius 2 is 1.39 bits per heavy atom. The molecule has 120 valence electrons. The van der Waals surface area contributed by atoms with Crippen molar-refractivity contribution in [1.82, 2.24) is 0 Å². The molecule has 1 aromatic rings. The molecule has 1 aliphatic rings. The Kier molecular flexibility index (Phi) is 4.68. The van der Waals surface area contributed by atoms with Crippen molar-refractivity contribution in [2.45, 2.75) is 26.7 Å². The standard InChI is InChI=1S/C16H13FO6/c1-3-11(18)22-15-13(20)9-6-5-8(17)7-10(9)14(21)16(15)23-12(19)4-2/h5-7H,3-4H2,1-2H3. The van der Waals surface area contributed by atoms with Crippen LogP contribution >= 0.6 is 0 Å². The molecule has 0 atom stereocenters. The second-order valence-corrected chi connectivity index (χ2v) is 4.66. The van der Waals surface area contributed by atoms with Crippen LogP contribution in [-0.2, 0) is 19.1 Å². The number of Topliss-reactive ketones (excluding diaryl/α,β-unsaturated/α-hetero) is 2. The molecule has 0 amide bonds. The summed E-state index contributed by atoms with van der Waals surface area (Å²) in [5, 5.41) is 0. The second kappa shape index (κ2) is 6.51. The van der Waals surface area contributed by atoms with Gasteiger partial charge in [0.25, 0.3) is 0 Å². The summed E-state index contributed by atoms with van der Waals surface area (Å²) in [4.78, 5) is 47.8. The highest BCUT2D eigenvalue weighted by Crippen LogP contribution is 2.29. The first-order valence-electron chi connectivity index (χ1n) is 6.93. The Morgan fingerprint density at radius 1 is 0.913 bits per heavy atom. The molecule has 0 aliphatic heterocycles. The Bertz CT molecular complexity index is 747. The lowest BCUT2D eigenvalue weighted by atomic mass is 9.92. The molecule has 1 aliphatic carbocycles. The van der Waals surface area contributed by atoms with Gasteiger partial charge in [0.1, 0.15) is 5.82 Å². The first-order valence-corrected chi connectivity index (χ1v) is 6.93. The van der Waals surface area contributed by atoms with Crippen molar-refractivity contribution in [3.05, 3.63) is 46.7 Å². The first-order chi connectivity index (χ1) is 10.9. The molecule has 2 rings (SSSR count). The predicted octanol–water partition coefficient (Wildman–Crippen LogP) is 2.32. The van der Waals surface area contributed by atoms with Crippen molar-refractivity contribution in [2.24, 2.45) is 0 Å². The van der Waals surface area contributed by atoms with Crippen LogP contribution in [0.4, 0.5) is 4.39 Å². The van der Waals surface area contributed by atoms with Gasteiger partial charge in [-0.3, -0.25) is 19.2 Å². The highest BCUT2D eigenvalue weighted by Gasteiger charge is 2.37. The molecule has 0 unspecified atom stereocenters. The Hall–Kier alpha value is -2.83. The number of fused-ring (bicyclic) bond motifs is 1. The number of carbonyl (C=O) groups excluding carboxylic acids is 4. The third-order valence-electron chi connectivity index (χ3n) is 3.10. The van der Waals surface area contributed by atoms with E-state index >= 15 is 0 Å². The molecule has 0 N–H and O–H groups in total. The highest BCUT2D eigenvalue weighted by atomic mass is 19.1. The van der Waals surface area contributed by atoms with Gasteiger partial charge in [-0.2, -0.15) is 0 Å². The monoisotopic (exact) mass is 320 g/mol. The molecule has 0 saturated carbocycles. The quantitative estimate of drug-likeness (QED) is 0.791. The van der Waals surface area contributed by atoms with E-state index in [0.717, 1.165) is 18.2 Å². The molecular weight excluding hydrogens is 307 g/mol. The average Bonchev–Trinajstić information content (AvgIpc) is 2.54. The van der Waals surface area contributed by atoms with E-state index in [1.807, 2.05) is 0 Å². The number of rotatable bonds is 4. The third-order valence-corrected chi connectivity index (χ3v) is 3.10. The van der Waals surface area contributed by atoms with E-state index < -0.39 is 40.8 Å². The van der Waals surface area contributed by atoms with Gasteiger partial charge in [-0.05, 0) is 18.2 Å². The maximum Gasteiger partial charge on any atom is 0.311 e. The fourth-order valence-electron chi connectivity index (χ4n) is 1.91. The van der Waals surface area contributed by atoms with Crippen molar-refractivity contribution in [3.63, 3.8) is 0 Å². The summed E-state index contributed by atoms with van der Waals surface area (Å²) in [6.45, 7) is 2.99. The zero-order chi connectivity index (χ0) is 17.1. The zero-order valence-corrected chi connectivity index (χ0v) is 12.5.